The van der Waals surface area contributed by atoms with Crippen molar-refractivity contribution in [2.24, 2.45) is 17.8 Å². The van der Waals surface area contributed by atoms with E-state index in [9.17, 15) is 0 Å². The van der Waals surface area contributed by atoms with Crippen LogP contribution in [0.4, 0.5) is 0 Å². The second-order valence-corrected chi connectivity index (χ2v) is 4.44. The van der Waals surface area contributed by atoms with Gasteiger partial charge in [-0.3, -0.25) is 0 Å². The number of hydrogen-bond donors (Lipinski definition) is 0. The fourth-order valence-electron chi connectivity index (χ4n) is 3.40. The molecule has 3 atom stereocenters. The van der Waals surface area contributed by atoms with Gasteiger partial charge in [-0.05, 0) is 35.5 Å². The van der Waals surface area contributed by atoms with Gasteiger partial charge in [0.05, 0.1) is 0 Å². The highest BCUT2D eigenvalue weighted by atomic mass is 14.6. The van der Waals surface area contributed by atoms with Gasteiger partial charge in [-0.2, -0.15) is 0 Å². The highest BCUT2D eigenvalue weighted by molar-refractivity contribution is 5.76. The molecule has 1 saturated carbocycles. The van der Waals surface area contributed by atoms with Crippen molar-refractivity contribution in [3.8, 4) is 0 Å². The van der Waals surface area contributed by atoms with Gasteiger partial charge in [0.2, 0.25) is 0 Å². The predicted octanol–water partition coefficient (Wildman–Crippen LogP) is 3.08. The summed E-state index contributed by atoms with van der Waals surface area (Å²) in [7, 11) is 0. The summed E-state index contributed by atoms with van der Waals surface area (Å²) in [6, 6.07) is 0. The molecular weight excluding hydrogens is 144 g/mol. The lowest BCUT2D eigenvalue weighted by Gasteiger charge is -2.34. The zero-order valence-corrected chi connectivity index (χ0v) is 7.94. The van der Waals surface area contributed by atoms with Crippen LogP contribution in [0.2, 0.25) is 0 Å². The van der Waals surface area contributed by atoms with Crippen LogP contribution in [0.15, 0.2) is 34.4 Å². The van der Waals surface area contributed by atoms with Gasteiger partial charge in [0.25, 0.3) is 0 Å². The Labute approximate surface area is 73.7 Å². The summed E-state index contributed by atoms with van der Waals surface area (Å²) < 4.78 is 0. The van der Waals surface area contributed by atoms with Gasteiger partial charge in [-0.15, -0.1) is 0 Å². The molecule has 0 spiro atoms. The number of allylic oxidation sites excluding steroid dienone is 5. The van der Waals surface area contributed by atoms with Crippen LogP contribution in [0.3, 0.4) is 0 Å². The normalized spacial score (nSPS) is 42.9. The molecule has 0 heterocycles. The number of hydrogen-bond acceptors (Lipinski definition) is 0. The maximum absolute atomic E-state index is 4.15. The molecule has 4 rings (SSSR count). The average molecular weight is 158 g/mol. The van der Waals surface area contributed by atoms with Crippen molar-refractivity contribution in [1.29, 1.82) is 0 Å². The van der Waals surface area contributed by atoms with Crippen molar-refractivity contribution in [2.75, 3.05) is 0 Å². The van der Waals surface area contributed by atoms with E-state index in [2.05, 4.69) is 27.4 Å². The smallest absolute Gasteiger partial charge is 0.0159 e. The van der Waals surface area contributed by atoms with Crippen molar-refractivity contribution in [1.82, 2.24) is 0 Å². The third kappa shape index (κ3) is 0.405. The zero-order chi connectivity index (χ0) is 8.62. The molecule has 0 nitrogen and oxygen atoms in total. The molecule has 0 aromatic carbocycles. The van der Waals surface area contributed by atoms with E-state index in [0.29, 0.717) is 0 Å². The molecule has 3 unspecified atom stereocenters. The van der Waals surface area contributed by atoms with Crippen molar-refractivity contribution in [3.05, 3.63) is 34.4 Å². The minimum absolute atomic E-state index is 0.723. The van der Waals surface area contributed by atoms with Gasteiger partial charge in [-0.25, -0.2) is 0 Å². The van der Waals surface area contributed by atoms with Crippen molar-refractivity contribution < 1.29 is 0 Å². The molecule has 0 aromatic heterocycles. The lowest BCUT2D eigenvalue weighted by Crippen LogP contribution is -2.24. The molecular formula is C12H14. The van der Waals surface area contributed by atoms with Crippen LogP contribution in [0.25, 0.3) is 0 Å². The van der Waals surface area contributed by atoms with Gasteiger partial charge < -0.3 is 0 Å². The molecule has 0 amide bonds. The number of rotatable bonds is 0. The molecule has 0 radical (unpaired) electrons. The Bertz CT molecular complexity index is 365. The third-order valence-electron chi connectivity index (χ3n) is 4.10. The molecule has 1 fully saturated rings. The van der Waals surface area contributed by atoms with Crippen LogP contribution in [0.1, 0.15) is 20.8 Å². The lowest BCUT2D eigenvalue weighted by molar-refractivity contribution is 0.496. The Morgan fingerprint density at radius 1 is 1.25 bits per heavy atom. The minimum atomic E-state index is 0.723. The van der Waals surface area contributed by atoms with Crippen LogP contribution in [-0.2, 0) is 0 Å². The average Bonchev–Trinajstić information content (AvgIpc) is 2.53. The molecule has 12 heavy (non-hydrogen) atoms. The van der Waals surface area contributed by atoms with Crippen LogP contribution in [0, 0.1) is 17.8 Å². The fraction of sp³-hybridized carbons (Fsp3) is 0.500. The zero-order valence-electron chi connectivity index (χ0n) is 7.94. The Morgan fingerprint density at radius 3 is 2.42 bits per heavy atom. The molecule has 62 valence electrons. The maximum atomic E-state index is 4.15. The highest BCUT2D eigenvalue weighted by Gasteiger charge is 2.54. The Morgan fingerprint density at radius 2 is 1.92 bits per heavy atom. The Balaban J connectivity index is 2.29. The first-order valence-electron chi connectivity index (χ1n) is 4.78. The molecule has 4 aliphatic carbocycles. The summed E-state index contributed by atoms with van der Waals surface area (Å²) in [6.45, 7) is 11.1. The molecule has 0 aliphatic heterocycles. The quantitative estimate of drug-likeness (QED) is 0.508. The van der Waals surface area contributed by atoms with Crippen molar-refractivity contribution in [3.63, 3.8) is 0 Å². The fourth-order valence-corrected chi connectivity index (χ4v) is 3.40. The summed E-state index contributed by atoms with van der Waals surface area (Å²) >= 11 is 0. The minimum Gasteiger partial charge on any atom is -0.0946 e. The second kappa shape index (κ2) is 1.61. The predicted molar refractivity (Wildman–Crippen MR) is 50.7 cm³/mol. The van der Waals surface area contributed by atoms with Gasteiger partial charge in [0.1, 0.15) is 0 Å². The van der Waals surface area contributed by atoms with Crippen LogP contribution < -0.4 is 0 Å². The molecule has 0 heteroatoms. The Kier molecular flexibility index (Phi) is 0.900. The van der Waals surface area contributed by atoms with Gasteiger partial charge in [0, 0.05) is 5.92 Å². The summed E-state index contributed by atoms with van der Waals surface area (Å²) in [5, 5.41) is 0. The van der Waals surface area contributed by atoms with Crippen LogP contribution in [-0.4, -0.2) is 0 Å². The molecule has 0 N–H and O–H groups in total. The molecule has 4 bridgehead atoms. The topological polar surface area (TPSA) is 0 Å². The van der Waals surface area contributed by atoms with Crippen molar-refractivity contribution >= 4 is 0 Å². The van der Waals surface area contributed by atoms with E-state index in [4.69, 9.17) is 0 Å². The monoisotopic (exact) mass is 158 g/mol. The molecule has 4 aliphatic rings. The van der Waals surface area contributed by atoms with Crippen LogP contribution in [0.5, 0.6) is 0 Å². The third-order valence-corrected chi connectivity index (χ3v) is 4.10. The molecule has 0 aromatic rings. The van der Waals surface area contributed by atoms with E-state index in [-0.39, 0.29) is 0 Å². The molecule has 0 saturated heterocycles. The summed E-state index contributed by atoms with van der Waals surface area (Å²) in [5.41, 5.74) is 7.97. The van der Waals surface area contributed by atoms with Crippen molar-refractivity contribution in [2.45, 2.75) is 20.8 Å². The van der Waals surface area contributed by atoms with E-state index in [1.165, 1.54) is 5.57 Å². The van der Waals surface area contributed by atoms with E-state index in [0.717, 1.165) is 17.8 Å². The lowest BCUT2D eigenvalue weighted by atomic mass is 9.69. The Hall–Kier alpha value is -0.780. The van der Waals surface area contributed by atoms with E-state index < -0.39 is 0 Å². The first-order chi connectivity index (χ1) is 5.64. The first kappa shape index (κ1) is 6.71. The maximum Gasteiger partial charge on any atom is 0.0159 e. The standard InChI is InChI=1S/C12H14/c1-5-6(2)11-10-7(3)9(5)12(11)8(10)4/h5,7,10H,4H2,1-3H3. The van der Waals surface area contributed by atoms with Gasteiger partial charge in [0.15, 0.2) is 0 Å². The summed E-state index contributed by atoms with van der Waals surface area (Å²) in [6.07, 6.45) is 0. The van der Waals surface area contributed by atoms with E-state index >= 15 is 0 Å². The SMILES string of the molecule is C=C1C2=C3C(C)C(C)=C2C1C3C. The van der Waals surface area contributed by atoms with Crippen LogP contribution >= 0.6 is 0 Å². The van der Waals surface area contributed by atoms with Gasteiger partial charge in [-0.1, -0.05) is 31.6 Å². The largest absolute Gasteiger partial charge is 0.0946 e. The van der Waals surface area contributed by atoms with E-state index in [1.807, 2.05) is 0 Å². The highest BCUT2D eigenvalue weighted by Crippen LogP contribution is 2.67. The second-order valence-electron chi connectivity index (χ2n) is 4.44. The van der Waals surface area contributed by atoms with Gasteiger partial charge >= 0.3 is 0 Å². The first-order valence-corrected chi connectivity index (χ1v) is 4.78. The summed E-state index contributed by atoms with van der Waals surface area (Å²) in [5.74, 6) is 2.23. The summed E-state index contributed by atoms with van der Waals surface area (Å²) in [4.78, 5) is 0. The van der Waals surface area contributed by atoms with E-state index in [1.54, 1.807) is 22.3 Å².